The van der Waals surface area contributed by atoms with Crippen molar-refractivity contribution >= 4 is 0 Å². The van der Waals surface area contributed by atoms with Crippen molar-refractivity contribution in [1.29, 1.82) is 0 Å². The molecule has 0 aromatic heterocycles. The third kappa shape index (κ3) is 16.8. The summed E-state index contributed by atoms with van der Waals surface area (Å²) in [5.74, 6) is 0. The van der Waals surface area contributed by atoms with E-state index in [1.54, 1.807) is 12.2 Å². The van der Waals surface area contributed by atoms with Crippen LogP contribution in [0.25, 0.3) is 0 Å². The molecule has 0 radical (unpaired) electrons. The molecule has 0 unspecified atom stereocenters. The van der Waals surface area contributed by atoms with Crippen molar-refractivity contribution in [3.8, 4) is 0 Å². The first-order valence-corrected chi connectivity index (χ1v) is 6.66. The van der Waals surface area contributed by atoms with Crippen LogP contribution in [0.2, 0.25) is 0 Å². The van der Waals surface area contributed by atoms with Crippen LogP contribution in [0.4, 0.5) is 0 Å². The van der Waals surface area contributed by atoms with Crippen LogP contribution >= 0.6 is 0 Å². The van der Waals surface area contributed by atoms with Gasteiger partial charge in [0.1, 0.15) is 0 Å². The van der Waals surface area contributed by atoms with E-state index in [0.29, 0.717) is 26.4 Å². The molecule has 3 nitrogen and oxygen atoms in total. The summed E-state index contributed by atoms with van der Waals surface area (Å²) < 4.78 is 15.9. The molecular weight excluding hydrogens is 240 g/mol. The van der Waals surface area contributed by atoms with Gasteiger partial charge in [0.05, 0.1) is 39.6 Å². The van der Waals surface area contributed by atoms with Gasteiger partial charge >= 0.3 is 0 Å². The number of rotatable bonds is 14. The molecule has 0 saturated carbocycles. The highest BCUT2D eigenvalue weighted by molar-refractivity contribution is 4.83. The van der Waals surface area contributed by atoms with Crippen LogP contribution in [0.3, 0.4) is 0 Å². The molecule has 19 heavy (non-hydrogen) atoms. The maximum atomic E-state index is 5.47. The van der Waals surface area contributed by atoms with E-state index in [9.17, 15) is 0 Å². The van der Waals surface area contributed by atoms with Crippen molar-refractivity contribution < 1.29 is 14.2 Å². The van der Waals surface area contributed by atoms with Gasteiger partial charge in [0.15, 0.2) is 0 Å². The molecule has 0 bridgehead atoms. The van der Waals surface area contributed by atoms with Gasteiger partial charge in [-0.3, -0.25) is 0 Å². The van der Waals surface area contributed by atoms with Gasteiger partial charge in [-0.05, 0) is 12.8 Å². The van der Waals surface area contributed by atoms with Crippen LogP contribution in [0.5, 0.6) is 0 Å². The van der Waals surface area contributed by atoms with E-state index in [2.05, 4.69) is 25.3 Å². The Balaban J connectivity index is 3.13. The molecule has 0 atom stereocenters. The Bertz CT molecular complexity index is 231. The van der Waals surface area contributed by atoms with Gasteiger partial charge < -0.3 is 14.2 Å². The Labute approximate surface area is 117 Å². The molecule has 108 valence electrons. The quantitative estimate of drug-likeness (QED) is 0.357. The van der Waals surface area contributed by atoms with Gasteiger partial charge in [-0.25, -0.2) is 0 Å². The van der Waals surface area contributed by atoms with Crippen molar-refractivity contribution in [2.75, 3.05) is 39.6 Å². The maximum absolute atomic E-state index is 5.47. The predicted molar refractivity (Wildman–Crippen MR) is 80.4 cm³/mol. The maximum Gasteiger partial charge on any atom is 0.0651 e. The highest BCUT2D eigenvalue weighted by Gasteiger charge is 1.85. The zero-order valence-corrected chi connectivity index (χ0v) is 11.8. The van der Waals surface area contributed by atoms with Crippen molar-refractivity contribution in [3.63, 3.8) is 0 Å². The monoisotopic (exact) mass is 266 g/mol. The van der Waals surface area contributed by atoms with Crippen LogP contribution in [0.15, 0.2) is 49.6 Å². The minimum absolute atomic E-state index is 0.601. The Morgan fingerprint density at radius 3 is 1.47 bits per heavy atom. The number of hydrogen-bond donors (Lipinski definition) is 0. The average molecular weight is 266 g/mol. The van der Waals surface area contributed by atoms with Gasteiger partial charge in [0.25, 0.3) is 0 Å². The normalized spacial score (nSPS) is 11.4. The zero-order valence-electron chi connectivity index (χ0n) is 11.8. The lowest BCUT2D eigenvalue weighted by atomic mass is 10.4. The minimum Gasteiger partial charge on any atom is -0.381 e. The first-order chi connectivity index (χ1) is 9.41. The molecule has 0 aliphatic carbocycles. The van der Waals surface area contributed by atoms with Gasteiger partial charge in [-0.1, -0.05) is 36.5 Å². The molecular formula is C16H26O3. The Morgan fingerprint density at radius 2 is 1.05 bits per heavy atom. The highest BCUT2D eigenvalue weighted by atomic mass is 16.5. The summed E-state index contributed by atoms with van der Waals surface area (Å²) in [7, 11) is 0. The Morgan fingerprint density at radius 1 is 0.579 bits per heavy atom. The van der Waals surface area contributed by atoms with Crippen LogP contribution in [0, 0.1) is 0 Å². The second-order valence-corrected chi connectivity index (χ2v) is 3.78. The fourth-order valence-electron chi connectivity index (χ4n) is 1.22. The van der Waals surface area contributed by atoms with E-state index < -0.39 is 0 Å². The van der Waals surface area contributed by atoms with Crippen molar-refractivity contribution in [2.24, 2.45) is 0 Å². The molecule has 0 fully saturated rings. The molecule has 0 heterocycles. The molecule has 0 spiro atoms. The SMILES string of the molecule is C=CCOCC=CCCOCCC=CCOCC=C. The van der Waals surface area contributed by atoms with Crippen LogP contribution in [-0.4, -0.2) is 39.6 Å². The molecule has 0 rings (SSSR count). The first kappa shape index (κ1) is 17.8. The van der Waals surface area contributed by atoms with Gasteiger partial charge in [-0.15, -0.1) is 13.2 Å². The summed E-state index contributed by atoms with van der Waals surface area (Å²) in [5, 5.41) is 0. The van der Waals surface area contributed by atoms with E-state index in [4.69, 9.17) is 14.2 Å². The van der Waals surface area contributed by atoms with Gasteiger partial charge in [0, 0.05) is 0 Å². The molecule has 0 aliphatic heterocycles. The summed E-state index contributed by atoms with van der Waals surface area (Å²) in [6.45, 7) is 11.1. The largest absolute Gasteiger partial charge is 0.381 e. The predicted octanol–water partition coefficient (Wildman–Crippen LogP) is 3.30. The molecule has 3 heteroatoms. The Hall–Kier alpha value is -1.16. The standard InChI is InChI=1S/C16H26O3/c1-3-11-17-13-7-5-9-15-19-16-10-6-8-14-18-12-4-2/h3-8H,1-2,9-16H2. The van der Waals surface area contributed by atoms with Crippen LogP contribution in [-0.2, 0) is 14.2 Å². The first-order valence-electron chi connectivity index (χ1n) is 6.66. The lowest BCUT2D eigenvalue weighted by molar-refractivity contribution is 0.143. The lowest BCUT2D eigenvalue weighted by Crippen LogP contribution is -1.95. The number of hydrogen-bond acceptors (Lipinski definition) is 3. The number of ether oxygens (including phenoxy) is 3. The lowest BCUT2D eigenvalue weighted by Gasteiger charge is -1.99. The van der Waals surface area contributed by atoms with E-state index in [-0.39, 0.29) is 0 Å². The summed E-state index contributed by atoms with van der Waals surface area (Å²) in [4.78, 5) is 0. The fourth-order valence-corrected chi connectivity index (χ4v) is 1.22. The third-order valence-electron chi connectivity index (χ3n) is 2.09. The van der Waals surface area contributed by atoms with E-state index in [1.165, 1.54) is 0 Å². The molecule has 0 amide bonds. The van der Waals surface area contributed by atoms with Crippen LogP contribution < -0.4 is 0 Å². The van der Waals surface area contributed by atoms with Crippen LogP contribution in [0.1, 0.15) is 12.8 Å². The zero-order chi connectivity index (χ0) is 14.0. The highest BCUT2D eigenvalue weighted by Crippen LogP contribution is 1.90. The molecule has 0 aromatic carbocycles. The van der Waals surface area contributed by atoms with Crippen molar-refractivity contribution in [3.05, 3.63) is 49.6 Å². The molecule has 0 aliphatic rings. The summed E-state index contributed by atoms with van der Waals surface area (Å²) in [6.07, 6.45) is 13.5. The molecule has 0 saturated heterocycles. The van der Waals surface area contributed by atoms with Crippen molar-refractivity contribution in [1.82, 2.24) is 0 Å². The van der Waals surface area contributed by atoms with E-state index in [1.807, 2.05) is 12.2 Å². The van der Waals surface area contributed by atoms with Gasteiger partial charge in [-0.2, -0.15) is 0 Å². The molecule has 0 aromatic rings. The summed E-state index contributed by atoms with van der Waals surface area (Å²) in [5.41, 5.74) is 0. The Kier molecular flexibility index (Phi) is 15.8. The van der Waals surface area contributed by atoms with E-state index in [0.717, 1.165) is 26.1 Å². The minimum atomic E-state index is 0.601. The molecule has 0 N–H and O–H groups in total. The van der Waals surface area contributed by atoms with Crippen molar-refractivity contribution in [2.45, 2.75) is 12.8 Å². The summed E-state index contributed by atoms with van der Waals surface area (Å²) >= 11 is 0. The topological polar surface area (TPSA) is 27.7 Å². The summed E-state index contributed by atoms with van der Waals surface area (Å²) in [6, 6.07) is 0. The smallest absolute Gasteiger partial charge is 0.0651 e. The van der Waals surface area contributed by atoms with E-state index >= 15 is 0 Å². The third-order valence-corrected chi connectivity index (χ3v) is 2.09. The second kappa shape index (κ2) is 16.8. The average Bonchev–Trinajstić information content (AvgIpc) is 2.43. The fraction of sp³-hybridized carbons (Fsp3) is 0.500. The second-order valence-electron chi connectivity index (χ2n) is 3.78. The van der Waals surface area contributed by atoms with Gasteiger partial charge in [0.2, 0.25) is 0 Å².